The average molecular weight is 359 g/mol. The van der Waals surface area contributed by atoms with Gasteiger partial charge in [-0.15, -0.1) is 0 Å². The quantitative estimate of drug-likeness (QED) is 0.852. The maximum absolute atomic E-state index is 13.9. The summed E-state index contributed by atoms with van der Waals surface area (Å²) in [4.78, 5) is 12.5. The highest BCUT2D eigenvalue weighted by atomic mass is 19.1. The van der Waals surface area contributed by atoms with E-state index in [2.05, 4.69) is 5.32 Å². The van der Waals surface area contributed by atoms with E-state index in [9.17, 15) is 9.18 Å². The summed E-state index contributed by atoms with van der Waals surface area (Å²) in [5, 5.41) is 2.75. The van der Waals surface area contributed by atoms with Crippen molar-refractivity contribution >= 4 is 11.6 Å². The zero-order valence-corrected chi connectivity index (χ0v) is 14.9. The molecule has 0 aromatic heterocycles. The molecule has 138 valence electrons. The second-order valence-electron chi connectivity index (χ2n) is 5.98. The van der Waals surface area contributed by atoms with Crippen LogP contribution in [0.25, 0.3) is 0 Å². The lowest BCUT2D eigenvalue weighted by molar-refractivity contribution is -0.121. The monoisotopic (exact) mass is 359 g/mol. The van der Waals surface area contributed by atoms with Crippen LogP contribution < -0.4 is 19.5 Å². The highest BCUT2D eigenvalue weighted by molar-refractivity contribution is 5.93. The summed E-state index contributed by atoms with van der Waals surface area (Å²) in [6.07, 6.45) is 0.543. The minimum Gasteiger partial charge on any atom is -0.494 e. The molecular weight excluding hydrogens is 337 g/mol. The van der Waals surface area contributed by atoms with Crippen LogP contribution in [0.4, 0.5) is 10.1 Å². The Balaban J connectivity index is 1.67. The Bertz CT molecular complexity index is 793. The number of rotatable bonds is 6. The molecular formula is C20H22FNO4. The van der Waals surface area contributed by atoms with Crippen molar-refractivity contribution in [3.05, 3.63) is 47.8 Å². The predicted octanol–water partition coefficient (Wildman–Crippen LogP) is 3.81. The average Bonchev–Trinajstić information content (AvgIpc) is 2.64. The second kappa shape index (κ2) is 8.08. The molecule has 0 spiro atoms. The molecule has 5 nitrogen and oxygen atoms in total. The Kier molecular flexibility index (Phi) is 5.61. The van der Waals surface area contributed by atoms with Crippen LogP contribution in [0.15, 0.2) is 36.4 Å². The molecule has 0 radical (unpaired) electrons. The smallest absolute Gasteiger partial charge is 0.231 e. The van der Waals surface area contributed by atoms with Gasteiger partial charge in [0.1, 0.15) is 18.1 Å². The molecule has 0 bridgehead atoms. The van der Waals surface area contributed by atoms with Crippen LogP contribution in [0, 0.1) is 11.7 Å². The van der Waals surface area contributed by atoms with Crippen LogP contribution in [0.3, 0.4) is 0 Å². The first-order valence-corrected chi connectivity index (χ1v) is 8.72. The Morgan fingerprint density at radius 1 is 1.19 bits per heavy atom. The van der Waals surface area contributed by atoms with E-state index in [0.717, 1.165) is 17.1 Å². The third-order valence-electron chi connectivity index (χ3n) is 4.12. The van der Waals surface area contributed by atoms with Gasteiger partial charge < -0.3 is 19.5 Å². The molecule has 1 aliphatic rings. The number of nitrogens with one attached hydrogen (secondary N) is 1. The first-order chi connectivity index (χ1) is 12.6. The number of fused-ring (bicyclic) bond motifs is 1. The first kappa shape index (κ1) is 18.0. The number of hydrogen-bond acceptors (Lipinski definition) is 4. The predicted molar refractivity (Wildman–Crippen MR) is 96.5 cm³/mol. The summed E-state index contributed by atoms with van der Waals surface area (Å²) in [6.45, 7) is 4.94. The summed E-state index contributed by atoms with van der Waals surface area (Å²) in [7, 11) is 0. The van der Waals surface area contributed by atoms with Crippen LogP contribution in [-0.2, 0) is 11.2 Å². The largest absolute Gasteiger partial charge is 0.494 e. The number of hydrogen-bond donors (Lipinski definition) is 1. The van der Waals surface area contributed by atoms with Crippen molar-refractivity contribution in [3.63, 3.8) is 0 Å². The Hall–Kier alpha value is -2.76. The molecule has 26 heavy (non-hydrogen) atoms. The van der Waals surface area contributed by atoms with Crippen molar-refractivity contribution in [3.8, 4) is 17.2 Å². The molecule has 1 N–H and O–H groups in total. The SMILES string of the molecule is CCOc1ccc2c(c1)CC(C(=O)Nc1ccc(OCC)c(F)c1)CO2. The molecule has 2 aromatic rings. The normalized spacial score (nSPS) is 15.6. The lowest BCUT2D eigenvalue weighted by Crippen LogP contribution is -2.32. The standard InChI is InChI=1S/C20H22FNO4/c1-3-24-16-6-8-18-13(10-16)9-14(12-26-18)20(23)22-15-5-7-19(25-4-2)17(21)11-15/h5-8,10-11,14H,3-4,9,12H2,1-2H3,(H,22,23). The van der Waals surface area contributed by atoms with Crippen molar-refractivity contribution in [1.82, 2.24) is 0 Å². The van der Waals surface area contributed by atoms with Gasteiger partial charge in [0, 0.05) is 11.8 Å². The Morgan fingerprint density at radius 2 is 2.00 bits per heavy atom. The van der Waals surface area contributed by atoms with Crippen molar-refractivity contribution < 1.29 is 23.4 Å². The molecule has 6 heteroatoms. The number of halogens is 1. The molecule has 0 fully saturated rings. The number of carbonyl (C=O) groups is 1. The number of carbonyl (C=O) groups excluding carboxylic acids is 1. The zero-order chi connectivity index (χ0) is 18.5. The van der Waals surface area contributed by atoms with E-state index in [4.69, 9.17) is 14.2 Å². The fraction of sp³-hybridized carbons (Fsp3) is 0.350. The third kappa shape index (κ3) is 4.07. The summed E-state index contributed by atoms with van der Waals surface area (Å²) in [5.74, 6) is 0.629. The summed E-state index contributed by atoms with van der Waals surface area (Å²) in [5.41, 5.74) is 1.32. The first-order valence-electron chi connectivity index (χ1n) is 8.72. The lowest BCUT2D eigenvalue weighted by Gasteiger charge is -2.25. The van der Waals surface area contributed by atoms with Crippen molar-refractivity contribution in [2.45, 2.75) is 20.3 Å². The highest BCUT2D eigenvalue weighted by Gasteiger charge is 2.26. The van der Waals surface area contributed by atoms with Gasteiger partial charge in [-0.2, -0.15) is 0 Å². The Morgan fingerprint density at radius 3 is 2.73 bits per heavy atom. The fourth-order valence-electron chi connectivity index (χ4n) is 2.89. The van der Waals surface area contributed by atoms with E-state index in [0.29, 0.717) is 25.3 Å². The van der Waals surface area contributed by atoms with Gasteiger partial charge in [0.05, 0.1) is 19.1 Å². The molecule has 3 rings (SSSR count). The van der Waals surface area contributed by atoms with Gasteiger partial charge in [-0.1, -0.05) is 0 Å². The molecule has 0 saturated heterocycles. The van der Waals surface area contributed by atoms with Crippen LogP contribution in [0.1, 0.15) is 19.4 Å². The van der Waals surface area contributed by atoms with E-state index >= 15 is 0 Å². The van der Waals surface area contributed by atoms with Gasteiger partial charge in [0.15, 0.2) is 11.6 Å². The van der Waals surface area contributed by atoms with Crippen molar-refractivity contribution in [1.29, 1.82) is 0 Å². The maximum atomic E-state index is 13.9. The van der Waals surface area contributed by atoms with Crippen LogP contribution in [-0.4, -0.2) is 25.7 Å². The van der Waals surface area contributed by atoms with Gasteiger partial charge in [-0.3, -0.25) is 4.79 Å². The molecule has 0 aliphatic carbocycles. The maximum Gasteiger partial charge on any atom is 0.231 e. The molecule has 2 aromatic carbocycles. The Labute approximate surface area is 152 Å². The molecule has 1 atom stereocenters. The molecule has 1 amide bonds. The molecule has 0 saturated carbocycles. The van der Waals surface area contributed by atoms with Crippen LogP contribution in [0.2, 0.25) is 0 Å². The minimum atomic E-state index is -0.503. The molecule has 1 unspecified atom stereocenters. The third-order valence-corrected chi connectivity index (χ3v) is 4.12. The molecule has 1 aliphatic heterocycles. The lowest BCUT2D eigenvalue weighted by atomic mass is 9.95. The van der Waals surface area contributed by atoms with Gasteiger partial charge in [0.2, 0.25) is 5.91 Å². The van der Waals surface area contributed by atoms with E-state index in [1.165, 1.54) is 12.1 Å². The van der Waals surface area contributed by atoms with Crippen molar-refractivity contribution in [2.24, 2.45) is 5.92 Å². The number of anilines is 1. The summed E-state index contributed by atoms with van der Waals surface area (Å²) < 4.78 is 30.3. The number of ether oxygens (including phenoxy) is 3. The minimum absolute atomic E-state index is 0.170. The number of amides is 1. The van der Waals surface area contributed by atoms with Crippen molar-refractivity contribution in [2.75, 3.05) is 25.1 Å². The highest BCUT2D eigenvalue weighted by Crippen LogP contribution is 2.31. The van der Waals surface area contributed by atoms with E-state index < -0.39 is 5.82 Å². The topological polar surface area (TPSA) is 56.8 Å². The van der Waals surface area contributed by atoms with Crippen LogP contribution >= 0.6 is 0 Å². The van der Waals surface area contributed by atoms with E-state index in [-0.39, 0.29) is 24.2 Å². The second-order valence-corrected chi connectivity index (χ2v) is 5.98. The van der Waals surface area contributed by atoms with E-state index in [1.54, 1.807) is 13.0 Å². The van der Waals surface area contributed by atoms with E-state index in [1.807, 2.05) is 25.1 Å². The summed E-state index contributed by atoms with van der Waals surface area (Å²) in [6, 6.07) is 10.00. The number of benzene rings is 2. The van der Waals surface area contributed by atoms with Gasteiger partial charge in [-0.05, 0) is 56.2 Å². The van der Waals surface area contributed by atoms with Gasteiger partial charge >= 0.3 is 0 Å². The molecule has 1 heterocycles. The fourth-order valence-corrected chi connectivity index (χ4v) is 2.89. The van der Waals surface area contributed by atoms with Gasteiger partial charge in [-0.25, -0.2) is 4.39 Å². The zero-order valence-electron chi connectivity index (χ0n) is 14.9. The summed E-state index contributed by atoms with van der Waals surface area (Å²) >= 11 is 0. The van der Waals surface area contributed by atoms with Crippen LogP contribution in [0.5, 0.6) is 17.2 Å². The van der Waals surface area contributed by atoms with Gasteiger partial charge in [0.25, 0.3) is 0 Å².